The number of amides is 1. The Morgan fingerprint density at radius 2 is 2.17 bits per heavy atom. The Bertz CT molecular complexity index is 392. The number of hydrogen-bond acceptors (Lipinski definition) is 3. The Hall–Kier alpha value is -0.390. The summed E-state index contributed by atoms with van der Waals surface area (Å²) < 4.78 is 1.11. The molecule has 1 aromatic rings. The molecule has 0 fully saturated rings. The first kappa shape index (κ1) is 15.7. The summed E-state index contributed by atoms with van der Waals surface area (Å²) in [5.41, 5.74) is 0. The van der Waals surface area contributed by atoms with E-state index in [9.17, 15) is 9.90 Å². The van der Waals surface area contributed by atoms with Gasteiger partial charge in [0.2, 0.25) is 5.91 Å². The third-order valence-corrected chi connectivity index (χ3v) is 4.70. The Labute approximate surface area is 121 Å². The van der Waals surface area contributed by atoms with Gasteiger partial charge in [-0.2, -0.15) is 0 Å². The molecule has 1 heterocycles. The van der Waals surface area contributed by atoms with E-state index in [0.717, 1.165) is 10.2 Å². The molecule has 5 heteroatoms. The topological polar surface area (TPSA) is 40.5 Å². The molecule has 0 aromatic carbocycles. The number of nitrogens with zero attached hydrogens (tertiary/aromatic N) is 1. The van der Waals surface area contributed by atoms with Crippen molar-refractivity contribution in [1.29, 1.82) is 0 Å². The van der Waals surface area contributed by atoms with Crippen LogP contribution in [0.25, 0.3) is 0 Å². The average Bonchev–Trinajstić information content (AvgIpc) is 2.72. The normalized spacial score (nSPS) is 12.8. The van der Waals surface area contributed by atoms with Gasteiger partial charge in [-0.1, -0.05) is 13.8 Å². The van der Waals surface area contributed by atoms with E-state index in [4.69, 9.17) is 0 Å². The monoisotopic (exact) mass is 333 g/mol. The molecule has 0 saturated heterocycles. The highest BCUT2D eigenvalue weighted by molar-refractivity contribution is 9.11. The number of aliphatic hydroxyl groups excluding tert-OH is 1. The molecule has 0 aliphatic carbocycles. The number of halogens is 1. The predicted octanol–water partition coefficient (Wildman–Crippen LogP) is 2.78. The zero-order valence-corrected chi connectivity index (χ0v) is 13.4. The van der Waals surface area contributed by atoms with Gasteiger partial charge in [-0.15, -0.1) is 11.3 Å². The largest absolute Gasteiger partial charge is 0.396 e. The second-order valence-electron chi connectivity index (χ2n) is 4.75. The van der Waals surface area contributed by atoms with Crippen LogP contribution in [0.1, 0.15) is 18.7 Å². The Balaban J connectivity index is 2.49. The molecule has 1 unspecified atom stereocenters. The summed E-state index contributed by atoms with van der Waals surface area (Å²) in [6.45, 7) is 4.53. The van der Waals surface area contributed by atoms with E-state index in [1.165, 1.54) is 4.88 Å². The summed E-state index contributed by atoms with van der Waals surface area (Å²) >= 11 is 5.12. The van der Waals surface area contributed by atoms with Gasteiger partial charge in [-0.05, 0) is 40.4 Å². The first-order valence-electron chi connectivity index (χ1n) is 6.05. The van der Waals surface area contributed by atoms with Crippen molar-refractivity contribution in [2.75, 3.05) is 20.2 Å². The Kier molecular flexibility index (Phi) is 6.32. The Morgan fingerprint density at radius 1 is 1.50 bits per heavy atom. The quantitative estimate of drug-likeness (QED) is 0.869. The van der Waals surface area contributed by atoms with E-state index >= 15 is 0 Å². The maximum absolute atomic E-state index is 12.1. The zero-order chi connectivity index (χ0) is 13.7. The number of likely N-dealkylation sites (N-methyl/N-ethyl adjacent to an activating group) is 1. The van der Waals surface area contributed by atoms with Gasteiger partial charge in [0.25, 0.3) is 0 Å². The van der Waals surface area contributed by atoms with E-state index in [1.54, 1.807) is 23.3 Å². The molecule has 1 aromatic heterocycles. The first-order chi connectivity index (χ1) is 8.45. The van der Waals surface area contributed by atoms with Crippen LogP contribution in [0.3, 0.4) is 0 Å². The molecule has 0 bridgehead atoms. The van der Waals surface area contributed by atoms with Crippen LogP contribution in [0.5, 0.6) is 0 Å². The SMILES string of the molecule is CC(C)C(CO)C(=O)N(C)CCc1ccc(Br)s1. The molecule has 1 atom stereocenters. The lowest BCUT2D eigenvalue weighted by Crippen LogP contribution is -2.38. The summed E-state index contributed by atoms with van der Waals surface area (Å²) in [7, 11) is 1.80. The van der Waals surface area contributed by atoms with Crippen LogP contribution < -0.4 is 0 Å². The molecule has 0 saturated carbocycles. The fourth-order valence-electron chi connectivity index (χ4n) is 1.73. The van der Waals surface area contributed by atoms with E-state index in [-0.39, 0.29) is 24.3 Å². The van der Waals surface area contributed by atoms with Crippen molar-refractivity contribution in [3.05, 3.63) is 20.8 Å². The molecule has 0 aliphatic heterocycles. The molecule has 1 N–H and O–H groups in total. The summed E-state index contributed by atoms with van der Waals surface area (Å²) in [6.07, 6.45) is 0.856. The van der Waals surface area contributed by atoms with Crippen molar-refractivity contribution in [2.24, 2.45) is 11.8 Å². The van der Waals surface area contributed by atoms with Gasteiger partial charge < -0.3 is 10.0 Å². The summed E-state index contributed by atoms with van der Waals surface area (Å²) in [5, 5.41) is 9.25. The highest BCUT2D eigenvalue weighted by Crippen LogP contribution is 2.22. The first-order valence-corrected chi connectivity index (χ1v) is 7.66. The van der Waals surface area contributed by atoms with E-state index in [0.29, 0.717) is 6.54 Å². The van der Waals surface area contributed by atoms with Gasteiger partial charge in [-0.3, -0.25) is 4.79 Å². The standard InChI is InChI=1S/C13H20BrNO2S/c1-9(2)11(8-16)13(17)15(3)7-6-10-4-5-12(14)18-10/h4-5,9,11,16H,6-8H2,1-3H3. The molecular formula is C13H20BrNO2S. The molecule has 3 nitrogen and oxygen atoms in total. The number of hydrogen-bond donors (Lipinski definition) is 1. The third kappa shape index (κ3) is 4.37. The minimum atomic E-state index is -0.287. The van der Waals surface area contributed by atoms with Crippen LogP contribution in [0.4, 0.5) is 0 Å². The molecule has 0 spiro atoms. The molecule has 18 heavy (non-hydrogen) atoms. The van der Waals surface area contributed by atoms with Crippen LogP contribution in [0.2, 0.25) is 0 Å². The summed E-state index contributed by atoms with van der Waals surface area (Å²) in [4.78, 5) is 15.1. The summed E-state index contributed by atoms with van der Waals surface area (Å²) in [5.74, 6) is -0.0889. The number of thiophene rings is 1. The van der Waals surface area contributed by atoms with E-state index in [1.807, 2.05) is 19.9 Å². The van der Waals surface area contributed by atoms with Crippen LogP contribution in [0.15, 0.2) is 15.9 Å². The number of rotatable bonds is 6. The minimum absolute atomic E-state index is 0.0307. The van der Waals surface area contributed by atoms with Crippen molar-refractivity contribution in [2.45, 2.75) is 20.3 Å². The van der Waals surface area contributed by atoms with Crippen LogP contribution >= 0.6 is 27.3 Å². The lowest BCUT2D eigenvalue weighted by atomic mass is 9.95. The third-order valence-electron chi connectivity index (χ3n) is 3.02. The van der Waals surface area contributed by atoms with E-state index in [2.05, 4.69) is 22.0 Å². The summed E-state index contributed by atoms with van der Waals surface area (Å²) in [6, 6.07) is 4.09. The van der Waals surface area contributed by atoms with E-state index < -0.39 is 0 Å². The fourth-order valence-corrected chi connectivity index (χ4v) is 3.20. The molecule has 0 aliphatic rings. The second-order valence-corrected chi connectivity index (χ2v) is 7.30. The van der Waals surface area contributed by atoms with Gasteiger partial charge in [0.15, 0.2) is 0 Å². The second kappa shape index (κ2) is 7.26. The number of carbonyl (C=O) groups is 1. The molecular weight excluding hydrogens is 314 g/mol. The lowest BCUT2D eigenvalue weighted by molar-refractivity contribution is -0.137. The predicted molar refractivity (Wildman–Crippen MR) is 78.8 cm³/mol. The van der Waals surface area contributed by atoms with Crippen LogP contribution in [0, 0.1) is 11.8 Å². The van der Waals surface area contributed by atoms with Gasteiger partial charge in [0.1, 0.15) is 0 Å². The van der Waals surface area contributed by atoms with Gasteiger partial charge in [-0.25, -0.2) is 0 Å². The molecule has 102 valence electrons. The number of carbonyl (C=O) groups excluding carboxylic acids is 1. The highest BCUT2D eigenvalue weighted by atomic mass is 79.9. The maximum atomic E-state index is 12.1. The van der Waals surface area contributed by atoms with Crippen molar-refractivity contribution >= 4 is 33.2 Å². The molecule has 1 rings (SSSR count). The molecule has 0 radical (unpaired) electrons. The van der Waals surface area contributed by atoms with Crippen molar-refractivity contribution in [3.63, 3.8) is 0 Å². The van der Waals surface area contributed by atoms with Crippen molar-refractivity contribution in [3.8, 4) is 0 Å². The number of aliphatic hydroxyl groups is 1. The van der Waals surface area contributed by atoms with Gasteiger partial charge >= 0.3 is 0 Å². The smallest absolute Gasteiger partial charge is 0.228 e. The fraction of sp³-hybridized carbons (Fsp3) is 0.615. The highest BCUT2D eigenvalue weighted by Gasteiger charge is 2.24. The zero-order valence-electron chi connectivity index (χ0n) is 11.0. The maximum Gasteiger partial charge on any atom is 0.228 e. The minimum Gasteiger partial charge on any atom is -0.396 e. The van der Waals surface area contributed by atoms with Crippen molar-refractivity contribution < 1.29 is 9.90 Å². The lowest BCUT2D eigenvalue weighted by Gasteiger charge is -2.24. The molecule has 1 amide bonds. The van der Waals surface area contributed by atoms with Crippen LogP contribution in [-0.4, -0.2) is 36.1 Å². The average molecular weight is 334 g/mol. The van der Waals surface area contributed by atoms with Gasteiger partial charge in [0.05, 0.1) is 16.3 Å². The van der Waals surface area contributed by atoms with Gasteiger partial charge in [0, 0.05) is 18.5 Å². The Morgan fingerprint density at radius 3 is 2.61 bits per heavy atom. The van der Waals surface area contributed by atoms with Crippen LogP contribution in [-0.2, 0) is 11.2 Å². The van der Waals surface area contributed by atoms with Crippen molar-refractivity contribution in [1.82, 2.24) is 4.90 Å².